The molecular formula is C19H19NO5S. The Balaban J connectivity index is 1.59. The highest BCUT2D eigenvalue weighted by molar-refractivity contribution is 7.10. The second-order valence-corrected chi connectivity index (χ2v) is 7.53. The number of hydrogen-bond acceptors (Lipinski definition) is 5. The molecule has 0 radical (unpaired) electrons. The number of fused-ring (bicyclic) bond motifs is 1. The quantitative estimate of drug-likeness (QED) is 0.892. The summed E-state index contributed by atoms with van der Waals surface area (Å²) in [6, 6.07) is 7.39. The number of carbonyl (C=O) groups is 2. The summed E-state index contributed by atoms with van der Waals surface area (Å²) in [5, 5.41) is 11.5. The average Bonchev–Trinajstić information content (AvgIpc) is 3.38. The molecule has 0 aliphatic carbocycles. The van der Waals surface area contributed by atoms with E-state index in [9.17, 15) is 14.7 Å². The van der Waals surface area contributed by atoms with Crippen LogP contribution < -0.4 is 9.47 Å². The van der Waals surface area contributed by atoms with E-state index in [4.69, 9.17) is 9.47 Å². The zero-order valence-corrected chi connectivity index (χ0v) is 15.1. The van der Waals surface area contributed by atoms with Crippen molar-refractivity contribution in [2.45, 2.75) is 19.3 Å². The highest BCUT2D eigenvalue weighted by Gasteiger charge is 2.41. The third-order valence-electron chi connectivity index (χ3n) is 5.00. The summed E-state index contributed by atoms with van der Waals surface area (Å²) < 4.78 is 10.7. The van der Waals surface area contributed by atoms with Crippen LogP contribution in [0.25, 0.3) is 0 Å². The third kappa shape index (κ3) is 2.92. The first-order chi connectivity index (χ1) is 12.6. The normalized spacial score (nSPS) is 21.2. The molecule has 26 heavy (non-hydrogen) atoms. The van der Waals surface area contributed by atoms with E-state index in [1.54, 1.807) is 22.3 Å². The lowest BCUT2D eigenvalue weighted by Gasteiger charge is -2.16. The third-order valence-corrected chi connectivity index (χ3v) is 6.08. The molecule has 1 aromatic heterocycles. The number of aryl methyl sites for hydroxylation is 1. The molecule has 136 valence electrons. The van der Waals surface area contributed by atoms with E-state index in [1.807, 2.05) is 30.5 Å². The molecule has 0 saturated carbocycles. The maximum atomic E-state index is 12.8. The minimum atomic E-state index is -0.887. The summed E-state index contributed by atoms with van der Waals surface area (Å²) in [5.74, 6) is -0.601. The topological polar surface area (TPSA) is 76.1 Å². The van der Waals surface area contributed by atoms with E-state index in [-0.39, 0.29) is 25.2 Å². The summed E-state index contributed by atoms with van der Waals surface area (Å²) >= 11 is 1.56. The van der Waals surface area contributed by atoms with Crippen molar-refractivity contribution in [3.63, 3.8) is 0 Å². The Morgan fingerprint density at radius 1 is 1.23 bits per heavy atom. The molecule has 0 spiro atoms. The Bertz CT molecular complexity index is 861. The van der Waals surface area contributed by atoms with Crippen molar-refractivity contribution in [1.29, 1.82) is 0 Å². The van der Waals surface area contributed by atoms with Crippen LogP contribution in [0.1, 0.15) is 33.6 Å². The second-order valence-electron chi connectivity index (χ2n) is 6.53. The number of carboxylic acids is 1. The molecule has 2 aliphatic heterocycles. The van der Waals surface area contributed by atoms with Crippen molar-refractivity contribution in [2.24, 2.45) is 5.92 Å². The van der Waals surface area contributed by atoms with Gasteiger partial charge in [0.15, 0.2) is 11.5 Å². The summed E-state index contributed by atoms with van der Waals surface area (Å²) in [4.78, 5) is 27.4. The van der Waals surface area contributed by atoms with Crippen molar-refractivity contribution in [1.82, 2.24) is 4.90 Å². The van der Waals surface area contributed by atoms with Gasteiger partial charge in [0, 0.05) is 29.3 Å². The van der Waals surface area contributed by atoms with Crippen molar-refractivity contribution < 1.29 is 24.2 Å². The van der Waals surface area contributed by atoms with Crippen LogP contribution >= 0.6 is 11.3 Å². The van der Waals surface area contributed by atoms with Gasteiger partial charge in [-0.1, -0.05) is 13.0 Å². The van der Waals surface area contributed by atoms with Gasteiger partial charge < -0.3 is 19.5 Å². The van der Waals surface area contributed by atoms with E-state index in [0.717, 1.165) is 16.9 Å². The number of rotatable bonds is 4. The molecule has 1 N–H and O–H groups in total. The predicted octanol–water partition coefficient (Wildman–Crippen LogP) is 2.98. The predicted molar refractivity (Wildman–Crippen MR) is 96.0 cm³/mol. The molecule has 1 aromatic carbocycles. The lowest BCUT2D eigenvalue weighted by molar-refractivity contribution is -0.141. The van der Waals surface area contributed by atoms with E-state index < -0.39 is 11.9 Å². The lowest BCUT2D eigenvalue weighted by Crippen LogP contribution is -2.29. The Morgan fingerprint density at radius 3 is 2.77 bits per heavy atom. The zero-order valence-electron chi connectivity index (χ0n) is 14.3. The number of hydrogen-bond donors (Lipinski definition) is 1. The van der Waals surface area contributed by atoms with Gasteiger partial charge in [-0.15, -0.1) is 11.3 Å². The fourth-order valence-electron chi connectivity index (χ4n) is 3.56. The molecule has 6 nitrogen and oxygen atoms in total. The number of benzene rings is 1. The summed E-state index contributed by atoms with van der Waals surface area (Å²) in [6.45, 7) is 2.82. The smallest absolute Gasteiger partial charge is 0.308 e. The van der Waals surface area contributed by atoms with Gasteiger partial charge in [0.05, 0.1) is 11.5 Å². The number of ether oxygens (including phenoxy) is 2. The number of nitrogens with zero attached hydrogens (tertiary/aromatic N) is 1. The van der Waals surface area contributed by atoms with E-state index in [1.165, 1.54) is 0 Å². The van der Waals surface area contributed by atoms with Gasteiger partial charge in [-0.25, -0.2) is 0 Å². The van der Waals surface area contributed by atoms with Crippen LogP contribution in [0.4, 0.5) is 0 Å². The minimum Gasteiger partial charge on any atom is -0.481 e. The highest BCUT2D eigenvalue weighted by atomic mass is 32.1. The van der Waals surface area contributed by atoms with Crippen LogP contribution in [0.5, 0.6) is 11.5 Å². The first-order valence-corrected chi connectivity index (χ1v) is 9.43. The molecule has 2 aromatic rings. The zero-order chi connectivity index (χ0) is 18.3. The van der Waals surface area contributed by atoms with Gasteiger partial charge >= 0.3 is 5.97 Å². The largest absolute Gasteiger partial charge is 0.481 e. The van der Waals surface area contributed by atoms with Gasteiger partial charge in [-0.3, -0.25) is 9.59 Å². The fourth-order valence-corrected chi connectivity index (χ4v) is 4.37. The molecule has 1 fully saturated rings. The van der Waals surface area contributed by atoms with E-state index in [2.05, 4.69) is 0 Å². The van der Waals surface area contributed by atoms with Crippen molar-refractivity contribution in [2.75, 3.05) is 19.9 Å². The molecule has 3 heterocycles. The van der Waals surface area contributed by atoms with Crippen LogP contribution in [-0.4, -0.2) is 41.8 Å². The van der Waals surface area contributed by atoms with Crippen LogP contribution in [0.3, 0.4) is 0 Å². The minimum absolute atomic E-state index is 0.101. The summed E-state index contributed by atoms with van der Waals surface area (Å²) in [5.41, 5.74) is 1.50. The Kier molecular flexibility index (Phi) is 4.32. The van der Waals surface area contributed by atoms with Gasteiger partial charge in [-0.05, 0) is 30.2 Å². The summed E-state index contributed by atoms with van der Waals surface area (Å²) in [6.07, 6.45) is 0.884. The maximum absolute atomic E-state index is 12.8. The van der Waals surface area contributed by atoms with Gasteiger partial charge in [0.1, 0.15) is 0 Å². The van der Waals surface area contributed by atoms with Crippen LogP contribution in [0, 0.1) is 5.92 Å². The fraction of sp³-hybridized carbons (Fsp3) is 0.368. The Morgan fingerprint density at radius 2 is 2.04 bits per heavy atom. The number of aliphatic carboxylic acids is 1. The molecule has 4 rings (SSSR count). The SMILES string of the molecule is CCc1cc(C(=O)N2C[C@@H](C(=O)O)[C@H](c3ccc4c(c3)OCO4)C2)cs1. The molecular weight excluding hydrogens is 354 g/mol. The van der Waals surface area contributed by atoms with Crippen molar-refractivity contribution in [3.05, 3.63) is 45.6 Å². The molecule has 1 amide bonds. The van der Waals surface area contributed by atoms with E-state index >= 15 is 0 Å². The molecule has 1 saturated heterocycles. The van der Waals surface area contributed by atoms with Crippen LogP contribution in [-0.2, 0) is 11.2 Å². The monoisotopic (exact) mass is 373 g/mol. The van der Waals surface area contributed by atoms with Crippen molar-refractivity contribution in [3.8, 4) is 11.5 Å². The molecule has 7 heteroatoms. The molecule has 2 aliphatic rings. The van der Waals surface area contributed by atoms with Crippen LogP contribution in [0.15, 0.2) is 29.6 Å². The maximum Gasteiger partial charge on any atom is 0.308 e. The van der Waals surface area contributed by atoms with Gasteiger partial charge in [0.2, 0.25) is 6.79 Å². The number of thiophene rings is 1. The van der Waals surface area contributed by atoms with Gasteiger partial charge in [-0.2, -0.15) is 0 Å². The Labute approximate surface area is 155 Å². The number of carboxylic acid groups (broad SMARTS) is 1. The highest BCUT2D eigenvalue weighted by Crippen LogP contribution is 2.39. The van der Waals surface area contributed by atoms with Crippen molar-refractivity contribution >= 4 is 23.2 Å². The van der Waals surface area contributed by atoms with Gasteiger partial charge in [0.25, 0.3) is 5.91 Å². The molecule has 2 atom stereocenters. The number of amides is 1. The first kappa shape index (κ1) is 16.9. The number of likely N-dealkylation sites (tertiary alicyclic amines) is 1. The van der Waals surface area contributed by atoms with Crippen LogP contribution in [0.2, 0.25) is 0 Å². The first-order valence-electron chi connectivity index (χ1n) is 8.56. The molecule has 0 bridgehead atoms. The number of carbonyl (C=O) groups excluding carboxylic acids is 1. The van der Waals surface area contributed by atoms with E-state index in [0.29, 0.717) is 23.6 Å². The standard InChI is InChI=1S/C19H19NO5S/c1-2-13-5-12(9-26-13)18(21)20-7-14(15(8-20)19(22)23)11-3-4-16-17(6-11)25-10-24-16/h3-6,9,14-15H,2,7-8,10H2,1H3,(H,22,23)/t14-,15+/m0/s1. The second kappa shape index (κ2) is 6.64. The lowest BCUT2D eigenvalue weighted by atomic mass is 9.89. The Hall–Kier alpha value is -2.54. The molecule has 0 unspecified atom stereocenters. The average molecular weight is 373 g/mol. The summed E-state index contributed by atoms with van der Waals surface area (Å²) in [7, 11) is 0.